The lowest BCUT2D eigenvalue weighted by molar-refractivity contribution is -0.115. The molecule has 1 N–H and O–H groups in total. The highest BCUT2D eigenvalue weighted by atomic mass is 35.5. The Morgan fingerprint density at radius 1 is 1.14 bits per heavy atom. The van der Waals surface area contributed by atoms with E-state index in [-0.39, 0.29) is 11.2 Å². The van der Waals surface area contributed by atoms with Crippen LogP contribution in [0.5, 0.6) is 0 Å². The average molecular weight is 354 g/mol. The Kier molecular flexibility index (Phi) is 6.18. The molecule has 2 aromatic rings. The number of anilines is 1. The highest BCUT2D eigenvalue weighted by molar-refractivity contribution is 8.00. The van der Waals surface area contributed by atoms with Gasteiger partial charge >= 0.3 is 0 Å². The van der Waals surface area contributed by atoms with Crippen LogP contribution in [0.25, 0.3) is 0 Å². The average Bonchev–Trinajstić information content (AvgIpc) is 2.50. The Morgan fingerprint density at radius 2 is 1.77 bits per heavy atom. The van der Waals surface area contributed by atoms with E-state index in [2.05, 4.69) is 5.32 Å². The number of amides is 1. The fourth-order valence-corrected chi connectivity index (χ4v) is 3.19. The van der Waals surface area contributed by atoms with Gasteiger partial charge in [0.15, 0.2) is 0 Å². The number of halogens is 2. The summed E-state index contributed by atoms with van der Waals surface area (Å²) in [5.41, 5.74) is 1.75. The van der Waals surface area contributed by atoms with E-state index in [0.717, 1.165) is 22.6 Å². The van der Waals surface area contributed by atoms with Crippen LogP contribution < -0.4 is 5.32 Å². The largest absolute Gasteiger partial charge is 0.325 e. The summed E-state index contributed by atoms with van der Waals surface area (Å²) in [6.07, 6.45) is 0.735. The summed E-state index contributed by atoms with van der Waals surface area (Å²) in [4.78, 5) is 13.5. The zero-order chi connectivity index (χ0) is 16.1. The standard InChI is InChI=1S/C17H17Cl2NOS/c1-3-16(22-14-8-6-12(18)7-9-14)17(21)20-15-10-13(19)5-4-11(15)2/h4-10,16H,3H2,1-2H3,(H,20,21)/t16-/m1/s1. The van der Waals surface area contributed by atoms with Crippen molar-refractivity contribution < 1.29 is 4.79 Å². The van der Waals surface area contributed by atoms with Crippen LogP contribution in [0.4, 0.5) is 5.69 Å². The molecule has 0 saturated carbocycles. The summed E-state index contributed by atoms with van der Waals surface area (Å²) in [6.45, 7) is 3.94. The first-order chi connectivity index (χ1) is 10.5. The van der Waals surface area contributed by atoms with Crippen LogP contribution in [0.2, 0.25) is 10.0 Å². The van der Waals surface area contributed by atoms with Crippen molar-refractivity contribution in [1.29, 1.82) is 0 Å². The predicted molar refractivity (Wildman–Crippen MR) is 96.2 cm³/mol. The second-order valence-corrected chi connectivity index (χ2v) is 7.07. The van der Waals surface area contributed by atoms with Crippen LogP contribution in [-0.4, -0.2) is 11.2 Å². The summed E-state index contributed by atoms with van der Waals surface area (Å²) >= 11 is 13.4. The molecule has 116 valence electrons. The summed E-state index contributed by atoms with van der Waals surface area (Å²) in [6, 6.07) is 13.0. The third-order valence-electron chi connectivity index (χ3n) is 3.21. The molecule has 0 fully saturated rings. The maximum Gasteiger partial charge on any atom is 0.237 e. The van der Waals surface area contributed by atoms with Crippen molar-refractivity contribution in [3.63, 3.8) is 0 Å². The maximum absolute atomic E-state index is 12.5. The van der Waals surface area contributed by atoms with Gasteiger partial charge < -0.3 is 5.32 Å². The number of rotatable bonds is 5. The molecule has 2 rings (SSSR count). The zero-order valence-corrected chi connectivity index (χ0v) is 14.7. The van der Waals surface area contributed by atoms with Crippen molar-refractivity contribution in [2.75, 3.05) is 5.32 Å². The van der Waals surface area contributed by atoms with Gasteiger partial charge in [0.05, 0.1) is 5.25 Å². The summed E-state index contributed by atoms with van der Waals surface area (Å²) in [5, 5.41) is 4.10. The van der Waals surface area contributed by atoms with E-state index in [0.29, 0.717) is 10.0 Å². The van der Waals surface area contributed by atoms with E-state index in [1.165, 1.54) is 11.8 Å². The molecule has 0 aliphatic rings. The van der Waals surface area contributed by atoms with Gasteiger partial charge in [0.1, 0.15) is 0 Å². The number of carbonyl (C=O) groups is 1. The zero-order valence-electron chi connectivity index (χ0n) is 12.4. The minimum atomic E-state index is -0.167. The molecule has 0 aromatic heterocycles. The molecular weight excluding hydrogens is 337 g/mol. The van der Waals surface area contributed by atoms with Crippen molar-refractivity contribution in [3.05, 3.63) is 58.1 Å². The van der Waals surface area contributed by atoms with Gasteiger partial charge in [0.2, 0.25) is 5.91 Å². The number of aryl methyl sites for hydroxylation is 1. The molecule has 22 heavy (non-hydrogen) atoms. The second-order valence-electron chi connectivity index (χ2n) is 4.92. The van der Waals surface area contributed by atoms with E-state index in [1.54, 1.807) is 6.07 Å². The molecule has 0 aliphatic carbocycles. The first-order valence-corrected chi connectivity index (χ1v) is 8.62. The Morgan fingerprint density at radius 3 is 2.41 bits per heavy atom. The number of nitrogens with one attached hydrogen (secondary N) is 1. The SMILES string of the molecule is CC[C@@H](Sc1ccc(Cl)cc1)C(=O)Nc1cc(Cl)ccc1C. The van der Waals surface area contributed by atoms with Crippen LogP contribution in [-0.2, 0) is 4.79 Å². The van der Waals surface area contributed by atoms with Crippen molar-refractivity contribution in [2.24, 2.45) is 0 Å². The van der Waals surface area contributed by atoms with Crippen LogP contribution >= 0.6 is 35.0 Å². The number of carbonyl (C=O) groups excluding carboxylic acids is 1. The Hall–Kier alpha value is -1.16. The van der Waals surface area contributed by atoms with E-state index < -0.39 is 0 Å². The third-order valence-corrected chi connectivity index (χ3v) is 5.08. The molecule has 0 spiro atoms. The summed E-state index contributed by atoms with van der Waals surface area (Å²) in [7, 11) is 0. The molecule has 2 aromatic carbocycles. The molecule has 5 heteroatoms. The van der Waals surface area contributed by atoms with E-state index in [4.69, 9.17) is 23.2 Å². The molecule has 0 saturated heterocycles. The van der Waals surface area contributed by atoms with E-state index in [1.807, 2.05) is 50.2 Å². The first-order valence-electron chi connectivity index (χ1n) is 6.99. The van der Waals surface area contributed by atoms with Gasteiger partial charge in [-0.05, 0) is 55.3 Å². The molecule has 1 atom stereocenters. The van der Waals surface area contributed by atoms with Crippen LogP contribution in [0.3, 0.4) is 0 Å². The lowest BCUT2D eigenvalue weighted by Crippen LogP contribution is -2.24. The monoisotopic (exact) mass is 353 g/mol. The van der Waals surface area contributed by atoms with Gasteiger partial charge in [-0.3, -0.25) is 4.79 Å². The molecule has 0 radical (unpaired) electrons. The number of hydrogen-bond donors (Lipinski definition) is 1. The fraction of sp³-hybridized carbons (Fsp3) is 0.235. The molecular formula is C17H17Cl2NOS. The van der Waals surface area contributed by atoms with Crippen molar-refractivity contribution >= 4 is 46.6 Å². The second kappa shape index (κ2) is 7.91. The van der Waals surface area contributed by atoms with Gasteiger partial charge in [0.25, 0.3) is 0 Å². The summed E-state index contributed by atoms with van der Waals surface area (Å²) < 4.78 is 0. The lowest BCUT2D eigenvalue weighted by Gasteiger charge is -2.16. The highest BCUT2D eigenvalue weighted by Gasteiger charge is 2.18. The van der Waals surface area contributed by atoms with Crippen molar-refractivity contribution in [1.82, 2.24) is 0 Å². The first kappa shape index (κ1) is 17.2. The smallest absolute Gasteiger partial charge is 0.237 e. The third kappa shape index (κ3) is 4.67. The molecule has 2 nitrogen and oxygen atoms in total. The molecule has 1 amide bonds. The Bertz CT molecular complexity index is 658. The normalized spacial score (nSPS) is 12.0. The van der Waals surface area contributed by atoms with E-state index >= 15 is 0 Å². The topological polar surface area (TPSA) is 29.1 Å². The lowest BCUT2D eigenvalue weighted by atomic mass is 10.2. The molecule has 0 aliphatic heterocycles. The van der Waals surface area contributed by atoms with Gasteiger partial charge in [0, 0.05) is 20.6 Å². The number of benzene rings is 2. The Labute approximate surface area is 145 Å². The molecule has 0 heterocycles. The number of hydrogen-bond acceptors (Lipinski definition) is 2. The maximum atomic E-state index is 12.5. The van der Waals surface area contributed by atoms with Crippen LogP contribution in [0.15, 0.2) is 47.4 Å². The van der Waals surface area contributed by atoms with Gasteiger partial charge in [-0.2, -0.15) is 0 Å². The Balaban J connectivity index is 2.08. The molecule has 0 unspecified atom stereocenters. The minimum absolute atomic E-state index is 0.0205. The van der Waals surface area contributed by atoms with Crippen molar-refractivity contribution in [2.45, 2.75) is 30.4 Å². The predicted octanol–water partition coefficient (Wildman–Crippen LogP) is 5.81. The summed E-state index contributed by atoms with van der Waals surface area (Å²) in [5.74, 6) is -0.0205. The van der Waals surface area contributed by atoms with E-state index in [9.17, 15) is 4.79 Å². The minimum Gasteiger partial charge on any atom is -0.325 e. The molecule has 0 bridgehead atoms. The van der Waals surface area contributed by atoms with Gasteiger partial charge in [-0.25, -0.2) is 0 Å². The van der Waals surface area contributed by atoms with Crippen LogP contribution in [0, 0.1) is 6.92 Å². The highest BCUT2D eigenvalue weighted by Crippen LogP contribution is 2.28. The quantitative estimate of drug-likeness (QED) is 0.687. The van der Waals surface area contributed by atoms with Crippen LogP contribution in [0.1, 0.15) is 18.9 Å². The van der Waals surface area contributed by atoms with Gasteiger partial charge in [-0.15, -0.1) is 11.8 Å². The van der Waals surface area contributed by atoms with Crippen molar-refractivity contribution in [3.8, 4) is 0 Å². The fourth-order valence-electron chi connectivity index (χ4n) is 1.94. The number of thioether (sulfide) groups is 1. The van der Waals surface area contributed by atoms with Gasteiger partial charge in [-0.1, -0.05) is 36.2 Å².